The molecule has 1 atom stereocenters. The zero-order valence-corrected chi connectivity index (χ0v) is 15.8. The summed E-state index contributed by atoms with van der Waals surface area (Å²) < 4.78 is 5.76. The van der Waals surface area contributed by atoms with Crippen molar-refractivity contribution in [3.05, 3.63) is 102 Å². The highest BCUT2D eigenvalue weighted by molar-refractivity contribution is 5.26. The molecule has 27 heavy (non-hydrogen) atoms. The Morgan fingerprint density at radius 3 is 1.81 bits per heavy atom. The molecule has 0 aromatic heterocycles. The monoisotopic (exact) mass is 362 g/mol. The summed E-state index contributed by atoms with van der Waals surface area (Å²) in [6, 6.07) is 28.8. The normalized spacial score (nSPS) is 12.1. The first-order valence-electron chi connectivity index (χ1n) is 9.48. The second kappa shape index (κ2) is 9.91. The van der Waals surface area contributed by atoms with Crippen LogP contribution in [0.4, 0.5) is 0 Å². The fourth-order valence-electron chi connectivity index (χ4n) is 3.19. The van der Waals surface area contributed by atoms with Crippen molar-refractivity contribution in [1.29, 1.82) is 0 Å². The van der Waals surface area contributed by atoms with Crippen LogP contribution in [-0.4, -0.2) is 24.4 Å². The number of hydrogen-bond acceptors (Lipinski definition) is 2. The largest absolute Gasteiger partial charge is 0.491 e. The highest BCUT2D eigenvalue weighted by atomic mass is 16.5. The Kier molecular flexibility index (Phi) is 7.03. The Hall–Kier alpha value is -2.62. The Bertz CT molecular complexity index is 746. The van der Waals surface area contributed by atoms with Gasteiger partial charge in [-0.3, -0.25) is 0 Å². The van der Waals surface area contributed by atoms with Crippen LogP contribution in [0.15, 0.2) is 84.9 Å². The highest BCUT2D eigenvalue weighted by Crippen LogP contribution is 2.11. The average molecular weight is 362 g/mol. The SMILES string of the molecule is Cc1ccc(OC[C@@H](O)C[NH+](Cc2ccccc2)Cc2ccccc2)cc1. The van der Waals surface area contributed by atoms with E-state index in [2.05, 4.69) is 48.5 Å². The van der Waals surface area contributed by atoms with Crippen LogP contribution in [0.3, 0.4) is 0 Å². The molecule has 0 fully saturated rings. The quantitative estimate of drug-likeness (QED) is 0.614. The third kappa shape index (κ3) is 6.55. The van der Waals surface area contributed by atoms with Gasteiger partial charge >= 0.3 is 0 Å². The van der Waals surface area contributed by atoms with Gasteiger partial charge in [0.05, 0.1) is 0 Å². The number of benzene rings is 3. The summed E-state index contributed by atoms with van der Waals surface area (Å²) in [5.41, 5.74) is 3.74. The van der Waals surface area contributed by atoms with Crippen molar-refractivity contribution in [2.24, 2.45) is 0 Å². The van der Waals surface area contributed by atoms with E-state index >= 15 is 0 Å². The van der Waals surface area contributed by atoms with Gasteiger partial charge in [-0.2, -0.15) is 0 Å². The molecule has 0 amide bonds. The van der Waals surface area contributed by atoms with Crippen LogP contribution in [0.1, 0.15) is 16.7 Å². The zero-order chi connectivity index (χ0) is 18.9. The van der Waals surface area contributed by atoms with Crippen molar-refractivity contribution in [1.82, 2.24) is 0 Å². The summed E-state index contributed by atoms with van der Waals surface area (Å²) in [7, 11) is 0. The van der Waals surface area contributed by atoms with Crippen molar-refractivity contribution >= 4 is 0 Å². The molecule has 0 aliphatic heterocycles. The number of aliphatic hydroxyl groups is 1. The number of rotatable bonds is 9. The van der Waals surface area contributed by atoms with Crippen LogP contribution in [0.25, 0.3) is 0 Å². The maximum absolute atomic E-state index is 10.5. The smallest absolute Gasteiger partial charge is 0.137 e. The molecule has 0 radical (unpaired) electrons. The van der Waals surface area contributed by atoms with Crippen LogP contribution >= 0.6 is 0 Å². The first-order chi connectivity index (χ1) is 13.2. The van der Waals surface area contributed by atoms with Crippen LogP contribution in [-0.2, 0) is 13.1 Å². The maximum atomic E-state index is 10.5. The van der Waals surface area contributed by atoms with Crippen molar-refractivity contribution in [2.75, 3.05) is 13.2 Å². The lowest BCUT2D eigenvalue weighted by atomic mass is 10.1. The van der Waals surface area contributed by atoms with E-state index in [9.17, 15) is 5.11 Å². The molecule has 3 nitrogen and oxygen atoms in total. The lowest BCUT2D eigenvalue weighted by Crippen LogP contribution is -3.10. The van der Waals surface area contributed by atoms with E-state index in [4.69, 9.17) is 4.74 Å². The second-order valence-corrected chi connectivity index (χ2v) is 7.06. The van der Waals surface area contributed by atoms with Gasteiger partial charge < -0.3 is 14.7 Å². The number of hydrogen-bond donors (Lipinski definition) is 2. The Morgan fingerprint density at radius 1 is 0.778 bits per heavy atom. The molecule has 0 spiro atoms. The minimum Gasteiger partial charge on any atom is -0.491 e. The second-order valence-electron chi connectivity index (χ2n) is 7.06. The third-order valence-corrected chi connectivity index (χ3v) is 4.58. The molecule has 0 aliphatic rings. The molecule has 140 valence electrons. The van der Waals surface area contributed by atoms with E-state index in [0.29, 0.717) is 13.2 Å². The summed E-state index contributed by atoms with van der Waals surface area (Å²) in [6.07, 6.45) is -0.520. The van der Waals surface area contributed by atoms with Crippen LogP contribution in [0.5, 0.6) is 5.75 Å². The number of ether oxygens (including phenoxy) is 1. The molecule has 0 saturated carbocycles. The highest BCUT2D eigenvalue weighted by Gasteiger charge is 2.17. The standard InChI is InChI=1S/C24H27NO2/c1-20-12-14-24(15-13-20)27-19-23(26)18-25(16-21-8-4-2-5-9-21)17-22-10-6-3-7-11-22/h2-15,23,26H,16-19H2,1H3/p+1/t23-/m0/s1. The molecule has 3 rings (SSSR count). The zero-order valence-electron chi connectivity index (χ0n) is 15.8. The van der Waals surface area contributed by atoms with E-state index in [1.807, 2.05) is 43.3 Å². The molecule has 0 saturated heterocycles. The third-order valence-electron chi connectivity index (χ3n) is 4.58. The van der Waals surface area contributed by atoms with E-state index < -0.39 is 6.10 Å². The Labute approximate surface area is 161 Å². The van der Waals surface area contributed by atoms with E-state index in [1.165, 1.54) is 21.6 Å². The minimum absolute atomic E-state index is 0.302. The molecular weight excluding hydrogens is 334 g/mol. The molecule has 0 unspecified atom stereocenters. The predicted molar refractivity (Wildman–Crippen MR) is 109 cm³/mol. The predicted octanol–water partition coefficient (Wildman–Crippen LogP) is 3.02. The number of quaternary nitrogens is 1. The van der Waals surface area contributed by atoms with Gasteiger partial charge in [0.2, 0.25) is 0 Å². The van der Waals surface area contributed by atoms with E-state index in [1.54, 1.807) is 0 Å². The Balaban J connectivity index is 1.59. The summed E-state index contributed by atoms with van der Waals surface area (Å²) >= 11 is 0. The van der Waals surface area contributed by atoms with Gasteiger partial charge in [-0.05, 0) is 19.1 Å². The van der Waals surface area contributed by atoms with Crippen molar-refractivity contribution in [3.63, 3.8) is 0 Å². The molecule has 0 bridgehead atoms. The van der Waals surface area contributed by atoms with Gasteiger partial charge in [0.25, 0.3) is 0 Å². The molecule has 3 aromatic rings. The fourth-order valence-corrected chi connectivity index (χ4v) is 3.19. The number of aryl methyl sites for hydroxylation is 1. The fraction of sp³-hybridized carbons (Fsp3) is 0.250. The van der Waals surface area contributed by atoms with Crippen LogP contribution < -0.4 is 9.64 Å². The molecule has 0 heterocycles. The Morgan fingerprint density at radius 2 is 1.30 bits per heavy atom. The number of nitrogens with one attached hydrogen (secondary N) is 1. The lowest BCUT2D eigenvalue weighted by Gasteiger charge is -2.23. The molecule has 2 N–H and O–H groups in total. The van der Waals surface area contributed by atoms with Gasteiger partial charge in [0.1, 0.15) is 38.1 Å². The van der Waals surface area contributed by atoms with Gasteiger partial charge in [-0.25, -0.2) is 0 Å². The van der Waals surface area contributed by atoms with Gasteiger partial charge in [0.15, 0.2) is 0 Å². The summed E-state index contributed by atoms with van der Waals surface area (Å²) in [6.45, 7) is 4.73. The van der Waals surface area contributed by atoms with E-state index in [-0.39, 0.29) is 0 Å². The minimum atomic E-state index is -0.520. The van der Waals surface area contributed by atoms with Crippen LogP contribution in [0, 0.1) is 6.92 Å². The summed E-state index contributed by atoms with van der Waals surface area (Å²) in [4.78, 5) is 1.31. The first kappa shape index (κ1) is 19.2. The van der Waals surface area contributed by atoms with Crippen LogP contribution in [0.2, 0.25) is 0 Å². The maximum Gasteiger partial charge on any atom is 0.137 e. The molecule has 3 heteroatoms. The van der Waals surface area contributed by atoms with Crippen molar-refractivity contribution in [2.45, 2.75) is 26.1 Å². The first-order valence-corrected chi connectivity index (χ1v) is 9.48. The average Bonchev–Trinajstić information content (AvgIpc) is 2.69. The van der Waals surface area contributed by atoms with Gasteiger partial charge in [0, 0.05) is 11.1 Å². The number of aliphatic hydroxyl groups excluding tert-OH is 1. The van der Waals surface area contributed by atoms with Crippen molar-refractivity contribution < 1.29 is 14.7 Å². The molecular formula is C24H28NO2+. The van der Waals surface area contributed by atoms with Gasteiger partial charge in [-0.1, -0.05) is 78.4 Å². The molecule has 3 aromatic carbocycles. The molecule has 0 aliphatic carbocycles. The lowest BCUT2D eigenvalue weighted by molar-refractivity contribution is -0.930. The summed E-state index contributed by atoms with van der Waals surface area (Å²) in [5.74, 6) is 0.798. The van der Waals surface area contributed by atoms with E-state index in [0.717, 1.165) is 18.8 Å². The summed E-state index contributed by atoms with van der Waals surface area (Å²) in [5, 5.41) is 10.5. The van der Waals surface area contributed by atoms with Crippen molar-refractivity contribution in [3.8, 4) is 5.75 Å². The topological polar surface area (TPSA) is 33.9 Å². The van der Waals surface area contributed by atoms with Gasteiger partial charge in [-0.15, -0.1) is 0 Å².